The van der Waals surface area contributed by atoms with Crippen LogP contribution in [0.25, 0.3) is 0 Å². The SMILES string of the molecule is O=S(=O)(c1cccc(Cl)c1)N1CC[C@@](O)(C(F)(F)F)C1. The van der Waals surface area contributed by atoms with E-state index in [-0.39, 0.29) is 9.92 Å². The number of aliphatic hydroxyl groups is 1. The van der Waals surface area contributed by atoms with Crippen molar-refractivity contribution >= 4 is 21.6 Å². The van der Waals surface area contributed by atoms with Gasteiger partial charge in [-0.3, -0.25) is 0 Å². The Balaban J connectivity index is 2.30. The molecule has 0 aliphatic carbocycles. The summed E-state index contributed by atoms with van der Waals surface area (Å²) in [5, 5.41) is 9.67. The number of sulfonamides is 1. The van der Waals surface area contributed by atoms with E-state index in [2.05, 4.69) is 0 Å². The molecule has 1 aliphatic rings. The number of benzene rings is 1. The highest BCUT2D eigenvalue weighted by molar-refractivity contribution is 7.89. The smallest absolute Gasteiger partial charge is 0.379 e. The number of nitrogens with zero attached hydrogens (tertiary/aromatic N) is 1. The van der Waals surface area contributed by atoms with Gasteiger partial charge in [0.05, 0.1) is 11.4 Å². The lowest BCUT2D eigenvalue weighted by Crippen LogP contribution is -2.48. The first kappa shape index (κ1) is 15.6. The van der Waals surface area contributed by atoms with Crippen molar-refractivity contribution in [1.29, 1.82) is 0 Å². The van der Waals surface area contributed by atoms with Gasteiger partial charge in [0.1, 0.15) is 0 Å². The van der Waals surface area contributed by atoms with E-state index in [1.54, 1.807) is 0 Å². The van der Waals surface area contributed by atoms with Gasteiger partial charge in [0.25, 0.3) is 0 Å². The van der Waals surface area contributed by atoms with Crippen LogP contribution in [0, 0.1) is 0 Å². The summed E-state index contributed by atoms with van der Waals surface area (Å²) in [4.78, 5) is -0.198. The van der Waals surface area contributed by atoms with Crippen molar-refractivity contribution < 1.29 is 26.7 Å². The molecule has 1 aromatic rings. The highest BCUT2D eigenvalue weighted by Crippen LogP contribution is 2.39. The van der Waals surface area contributed by atoms with Gasteiger partial charge in [-0.1, -0.05) is 17.7 Å². The molecule has 1 N–H and O–H groups in total. The zero-order valence-corrected chi connectivity index (χ0v) is 11.6. The van der Waals surface area contributed by atoms with Crippen LogP contribution in [0.5, 0.6) is 0 Å². The average Bonchev–Trinajstić information content (AvgIpc) is 2.73. The van der Waals surface area contributed by atoms with Crippen LogP contribution in [-0.2, 0) is 10.0 Å². The predicted octanol–water partition coefficient (Wildman–Crippen LogP) is 2.03. The molecule has 20 heavy (non-hydrogen) atoms. The Morgan fingerprint density at radius 2 is 2.00 bits per heavy atom. The Morgan fingerprint density at radius 3 is 2.50 bits per heavy atom. The third kappa shape index (κ3) is 2.65. The Kier molecular flexibility index (Phi) is 3.79. The molecule has 0 spiro atoms. The summed E-state index contributed by atoms with van der Waals surface area (Å²) in [5.74, 6) is 0. The Hall–Kier alpha value is -0.830. The van der Waals surface area contributed by atoms with Crippen LogP contribution in [0.3, 0.4) is 0 Å². The van der Waals surface area contributed by atoms with Gasteiger partial charge < -0.3 is 5.11 Å². The van der Waals surface area contributed by atoms with Gasteiger partial charge in [-0.15, -0.1) is 0 Å². The summed E-state index contributed by atoms with van der Waals surface area (Å²) in [7, 11) is -4.10. The molecule has 0 aromatic heterocycles. The Morgan fingerprint density at radius 1 is 1.35 bits per heavy atom. The number of hydrogen-bond donors (Lipinski definition) is 1. The molecule has 4 nitrogen and oxygen atoms in total. The van der Waals surface area contributed by atoms with Crippen molar-refractivity contribution in [2.75, 3.05) is 13.1 Å². The molecule has 0 bridgehead atoms. The zero-order valence-electron chi connectivity index (χ0n) is 10.1. The predicted molar refractivity (Wildman–Crippen MR) is 65.8 cm³/mol. The summed E-state index contributed by atoms with van der Waals surface area (Å²) in [6.45, 7) is -1.41. The molecule has 0 saturated carbocycles. The standard InChI is InChI=1S/C11H11ClF3NO3S/c12-8-2-1-3-9(6-8)20(18,19)16-5-4-10(17,7-16)11(13,14)15/h1-3,6,17H,4-5,7H2/t10-/m0/s1. The number of β-amino-alcohol motifs (C(OH)–C–C–N with tert-alkyl or cyclic N) is 1. The maximum Gasteiger partial charge on any atom is 0.418 e. The highest BCUT2D eigenvalue weighted by atomic mass is 35.5. The fourth-order valence-electron chi connectivity index (χ4n) is 1.97. The number of hydrogen-bond acceptors (Lipinski definition) is 3. The lowest BCUT2D eigenvalue weighted by Gasteiger charge is -2.25. The van der Waals surface area contributed by atoms with Crippen molar-refractivity contribution in [3.8, 4) is 0 Å². The van der Waals surface area contributed by atoms with E-state index in [4.69, 9.17) is 11.6 Å². The molecule has 1 saturated heterocycles. The first-order valence-corrected chi connectivity index (χ1v) is 7.43. The molecule has 1 atom stereocenters. The van der Waals surface area contributed by atoms with Crippen LogP contribution >= 0.6 is 11.6 Å². The molecule has 0 radical (unpaired) electrons. The van der Waals surface area contributed by atoms with Gasteiger partial charge in [0.15, 0.2) is 5.60 Å². The number of alkyl halides is 3. The summed E-state index contributed by atoms with van der Waals surface area (Å²) in [5.41, 5.74) is -3.00. The minimum absolute atomic E-state index is 0.163. The Bertz CT molecular complexity index is 620. The van der Waals surface area contributed by atoms with E-state index in [1.165, 1.54) is 18.2 Å². The molecular weight excluding hydrogens is 319 g/mol. The summed E-state index contributed by atoms with van der Waals surface area (Å²) < 4.78 is 63.0. The number of rotatable bonds is 2. The molecule has 0 unspecified atom stereocenters. The monoisotopic (exact) mass is 329 g/mol. The second-order valence-electron chi connectivity index (χ2n) is 4.58. The van der Waals surface area contributed by atoms with Crippen LogP contribution in [0.4, 0.5) is 13.2 Å². The average molecular weight is 330 g/mol. The van der Waals surface area contributed by atoms with E-state index in [0.29, 0.717) is 4.31 Å². The van der Waals surface area contributed by atoms with E-state index >= 15 is 0 Å². The van der Waals surface area contributed by atoms with Crippen LogP contribution in [-0.4, -0.2) is 42.7 Å². The summed E-state index contributed by atoms with van der Waals surface area (Å²) in [6, 6.07) is 5.24. The minimum Gasteiger partial charge on any atom is -0.379 e. The molecule has 9 heteroatoms. The lowest BCUT2D eigenvalue weighted by atomic mass is 10.0. The van der Waals surface area contributed by atoms with Crippen LogP contribution < -0.4 is 0 Å². The van der Waals surface area contributed by atoms with Crippen molar-refractivity contribution in [2.45, 2.75) is 23.1 Å². The van der Waals surface area contributed by atoms with E-state index in [0.717, 1.165) is 6.07 Å². The van der Waals surface area contributed by atoms with Crippen molar-refractivity contribution in [3.05, 3.63) is 29.3 Å². The van der Waals surface area contributed by atoms with Gasteiger partial charge in [-0.2, -0.15) is 17.5 Å². The first-order valence-electron chi connectivity index (χ1n) is 5.61. The molecular formula is C11H11ClF3NO3S. The molecule has 1 aromatic carbocycles. The second-order valence-corrected chi connectivity index (χ2v) is 6.95. The van der Waals surface area contributed by atoms with E-state index in [1.807, 2.05) is 0 Å². The lowest BCUT2D eigenvalue weighted by molar-refractivity contribution is -0.252. The minimum atomic E-state index is -4.87. The summed E-state index contributed by atoms with van der Waals surface area (Å²) >= 11 is 5.67. The van der Waals surface area contributed by atoms with Gasteiger partial charge in [-0.05, 0) is 18.2 Å². The molecule has 1 aliphatic heterocycles. The van der Waals surface area contributed by atoms with Gasteiger partial charge in [0.2, 0.25) is 10.0 Å². The van der Waals surface area contributed by atoms with Crippen molar-refractivity contribution in [1.82, 2.24) is 4.31 Å². The Labute approximate surface area is 118 Å². The molecule has 0 amide bonds. The molecule has 112 valence electrons. The molecule has 1 heterocycles. The molecule has 1 fully saturated rings. The zero-order chi connectivity index (χ0) is 15.2. The second kappa shape index (κ2) is 4.87. The van der Waals surface area contributed by atoms with E-state index < -0.39 is 41.3 Å². The van der Waals surface area contributed by atoms with Crippen LogP contribution in [0.15, 0.2) is 29.2 Å². The quantitative estimate of drug-likeness (QED) is 0.903. The fourth-order valence-corrected chi connectivity index (χ4v) is 3.77. The topological polar surface area (TPSA) is 57.6 Å². The van der Waals surface area contributed by atoms with Gasteiger partial charge in [-0.25, -0.2) is 8.42 Å². The van der Waals surface area contributed by atoms with Crippen molar-refractivity contribution in [2.24, 2.45) is 0 Å². The third-order valence-corrected chi connectivity index (χ3v) is 5.25. The maximum absolute atomic E-state index is 12.7. The third-order valence-electron chi connectivity index (χ3n) is 3.17. The maximum atomic E-state index is 12.7. The normalized spacial score (nSPS) is 25.1. The molecule has 2 rings (SSSR count). The fraction of sp³-hybridized carbons (Fsp3) is 0.455. The van der Waals surface area contributed by atoms with E-state index in [9.17, 15) is 26.7 Å². The highest BCUT2D eigenvalue weighted by Gasteiger charge is 2.58. The number of halogens is 4. The van der Waals surface area contributed by atoms with Gasteiger partial charge in [0, 0.05) is 18.0 Å². The van der Waals surface area contributed by atoms with Crippen molar-refractivity contribution in [3.63, 3.8) is 0 Å². The summed E-state index contributed by atoms with van der Waals surface area (Å²) in [6.07, 6.45) is -5.55. The van der Waals surface area contributed by atoms with Crippen LogP contribution in [0.2, 0.25) is 5.02 Å². The van der Waals surface area contributed by atoms with Gasteiger partial charge >= 0.3 is 6.18 Å². The largest absolute Gasteiger partial charge is 0.418 e. The first-order chi connectivity index (χ1) is 9.06. The van der Waals surface area contributed by atoms with Crippen LogP contribution in [0.1, 0.15) is 6.42 Å².